The Bertz CT molecular complexity index is 185. The van der Waals surface area contributed by atoms with E-state index in [1.54, 1.807) is 0 Å². The summed E-state index contributed by atoms with van der Waals surface area (Å²) in [6, 6.07) is 0. The molecule has 10 heavy (non-hydrogen) atoms. The van der Waals surface area contributed by atoms with Crippen LogP contribution in [0.5, 0.6) is 0 Å². The highest BCUT2D eigenvalue weighted by Crippen LogP contribution is 1.72. The summed E-state index contributed by atoms with van der Waals surface area (Å²) in [4.78, 5) is 9.53. The van der Waals surface area contributed by atoms with Gasteiger partial charge in [-0.1, -0.05) is 0 Å². The van der Waals surface area contributed by atoms with E-state index in [2.05, 4.69) is 9.46 Å². The molecule has 1 N–H and O–H groups in total. The highest BCUT2D eigenvalue weighted by molar-refractivity contribution is 7.88. The fourth-order valence-corrected chi connectivity index (χ4v) is 0.788. The van der Waals surface area contributed by atoms with Crippen molar-refractivity contribution >= 4 is 16.5 Å². The van der Waals surface area contributed by atoms with Crippen LogP contribution in [-0.4, -0.2) is 34.3 Å². The number of hydrogen-bond donors (Lipinski definition) is 1. The molecule has 0 aliphatic heterocycles. The van der Waals surface area contributed by atoms with Gasteiger partial charge < -0.3 is 4.74 Å². The summed E-state index contributed by atoms with van der Waals surface area (Å²) in [5, 5.41) is 0. The Balaban J connectivity index is 3.29. The number of hydrogen-bond acceptors (Lipinski definition) is 4. The zero-order valence-corrected chi connectivity index (χ0v) is 6.35. The van der Waals surface area contributed by atoms with Crippen molar-refractivity contribution in [2.75, 3.05) is 19.4 Å². The smallest absolute Gasteiger partial charge is 0.293 e. The van der Waals surface area contributed by atoms with E-state index in [1.165, 1.54) is 0 Å². The molecule has 6 heteroatoms. The third kappa shape index (κ3) is 7.38. The Labute approximate surface area is 59.4 Å². The van der Waals surface area contributed by atoms with E-state index >= 15 is 0 Å². The molecule has 0 unspecified atom stereocenters. The van der Waals surface area contributed by atoms with Gasteiger partial charge >= 0.3 is 0 Å². The molecule has 0 heterocycles. The molecule has 0 atom stereocenters. The van der Waals surface area contributed by atoms with E-state index in [4.69, 9.17) is 0 Å². The van der Waals surface area contributed by atoms with Crippen molar-refractivity contribution in [2.24, 2.45) is 0 Å². The monoisotopic (exact) mass is 167 g/mol. The van der Waals surface area contributed by atoms with Crippen LogP contribution in [0.25, 0.3) is 0 Å². The Hall–Kier alpha value is -0.620. The van der Waals surface area contributed by atoms with Crippen LogP contribution < -0.4 is 4.72 Å². The molecule has 0 rings (SSSR count). The van der Waals surface area contributed by atoms with E-state index in [-0.39, 0.29) is 19.6 Å². The number of carbonyl (C=O) groups excluding carboxylic acids is 1. The van der Waals surface area contributed by atoms with Crippen LogP contribution in [0.15, 0.2) is 0 Å². The van der Waals surface area contributed by atoms with Crippen LogP contribution in [0.3, 0.4) is 0 Å². The molecule has 0 saturated carbocycles. The minimum atomic E-state index is -3.15. The lowest BCUT2D eigenvalue weighted by Crippen LogP contribution is -2.25. The van der Waals surface area contributed by atoms with Gasteiger partial charge in [-0.3, -0.25) is 4.79 Å². The van der Waals surface area contributed by atoms with Gasteiger partial charge in [-0.25, -0.2) is 13.1 Å². The first kappa shape index (κ1) is 9.38. The predicted molar refractivity (Wildman–Crippen MR) is 34.9 cm³/mol. The van der Waals surface area contributed by atoms with Crippen LogP contribution in [0, 0.1) is 0 Å². The standard InChI is InChI=1S/C4H9NO4S/c1-10(7,8)5-2-3-9-4-6/h4-5H,2-3H2,1H3. The molecule has 0 amide bonds. The molecular formula is C4H9NO4S. The summed E-state index contributed by atoms with van der Waals surface area (Å²) in [7, 11) is -3.15. The van der Waals surface area contributed by atoms with Crippen LogP contribution in [0.2, 0.25) is 0 Å². The highest BCUT2D eigenvalue weighted by Gasteiger charge is 1.97. The number of nitrogens with one attached hydrogen (secondary N) is 1. The molecule has 0 radical (unpaired) electrons. The zero-order chi connectivity index (χ0) is 8.04. The number of ether oxygens (including phenoxy) is 1. The normalized spacial score (nSPS) is 10.9. The van der Waals surface area contributed by atoms with Crippen LogP contribution >= 0.6 is 0 Å². The lowest BCUT2D eigenvalue weighted by molar-refractivity contribution is -0.128. The SMILES string of the molecule is CS(=O)(=O)NCCOC=O. The van der Waals surface area contributed by atoms with Crippen LogP contribution in [0.1, 0.15) is 0 Å². The van der Waals surface area contributed by atoms with Gasteiger partial charge in [-0.05, 0) is 0 Å². The zero-order valence-electron chi connectivity index (χ0n) is 5.53. The third-order valence-electron chi connectivity index (χ3n) is 0.652. The molecule has 0 spiro atoms. The van der Waals surface area contributed by atoms with Gasteiger partial charge in [0.2, 0.25) is 10.0 Å². The van der Waals surface area contributed by atoms with Gasteiger partial charge in [0.05, 0.1) is 6.26 Å². The van der Waals surface area contributed by atoms with Crippen LogP contribution in [0.4, 0.5) is 0 Å². The summed E-state index contributed by atoms with van der Waals surface area (Å²) in [5.74, 6) is 0. The maximum Gasteiger partial charge on any atom is 0.293 e. The quantitative estimate of drug-likeness (QED) is 0.408. The van der Waals surface area contributed by atoms with Crippen molar-refractivity contribution in [1.82, 2.24) is 4.72 Å². The van der Waals surface area contributed by atoms with Crippen molar-refractivity contribution in [3.63, 3.8) is 0 Å². The summed E-state index contributed by atoms with van der Waals surface area (Å²) >= 11 is 0. The molecule has 0 aromatic rings. The average molecular weight is 167 g/mol. The summed E-state index contributed by atoms with van der Waals surface area (Å²) in [5.41, 5.74) is 0. The second kappa shape index (κ2) is 4.24. The minimum Gasteiger partial charge on any atom is -0.467 e. The van der Waals surface area contributed by atoms with E-state index in [1.807, 2.05) is 0 Å². The Morgan fingerprint density at radius 1 is 1.60 bits per heavy atom. The van der Waals surface area contributed by atoms with Crippen molar-refractivity contribution in [2.45, 2.75) is 0 Å². The fraction of sp³-hybridized carbons (Fsp3) is 0.750. The molecule has 0 fully saturated rings. The maximum atomic E-state index is 10.3. The Morgan fingerprint density at radius 3 is 2.60 bits per heavy atom. The molecule has 0 aromatic carbocycles. The van der Waals surface area contributed by atoms with Gasteiger partial charge in [0, 0.05) is 6.54 Å². The highest BCUT2D eigenvalue weighted by atomic mass is 32.2. The summed E-state index contributed by atoms with van der Waals surface area (Å²) in [6.45, 7) is 0.456. The molecule has 60 valence electrons. The lowest BCUT2D eigenvalue weighted by atomic mass is 10.7. The first-order valence-electron chi connectivity index (χ1n) is 2.56. The van der Waals surface area contributed by atoms with Crippen molar-refractivity contribution in [1.29, 1.82) is 0 Å². The van der Waals surface area contributed by atoms with Gasteiger partial charge in [0.1, 0.15) is 6.61 Å². The van der Waals surface area contributed by atoms with Crippen LogP contribution in [-0.2, 0) is 19.6 Å². The van der Waals surface area contributed by atoms with Gasteiger partial charge in [-0.2, -0.15) is 0 Å². The summed E-state index contributed by atoms with van der Waals surface area (Å²) in [6.07, 6.45) is 1.04. The average Bonchev–Trinajstić information content (AvgIpc) is 1.78. The number of sulfonamides is 1. The second-order valence-electron chi connectivity index (χ2n) is 1.63. The third-order valence-corrected chi connectivity index (χ3v) is 1.38. The molecule has 0 aliphatic carbocycles. The molecule has 5 nitrogen and oxygen atoms in total. The van der Waals surface area contributed by atoms with Crippen molar-refractivity contribution in [3.8, 4) is 0 Å². The first-order chi connectivity index (χ1) is 4.56. The Kier molecular flexibility index (Phi) is 3.97. The Morgan fingerprint density at radius 2 is 2.20 bits per heavy atom. The van der Waals surface area contributed by atoms with E-state index < -0.39 is 10.0 Å². The first-order valence-corrected chi connectivity index (χ1v) is 4.45. The van der Waals surface area contributed by atoms with E-state index in [9.17, 15) is 13.2 Å². The summed E-state index contributed by atoms with van der Waals surface area (Å²) < 4.78 is 27.0. The molecule has 0 bridgehead atoms. The lowest BCUT2D eigenvalue weighted by Gasteiger charge is -1.98. The van der Waals surface area contributed by atoms with E-state index in [0.717, 1.165) is 6.26 Å². The van der Waals surface area contributed by atoms with Gasteiger partial charge in [0.25, 0.3) is 6.47 Å². The fourth-order valence-electron chi connectivity index (χ4n) is 0.334. The van der Waals surface area contributed by atoms with Crippen molar-refractivity contribution in [3.05, 3.63) is 0 Å². The van der Waals surface area contributed by atoms with E-state index in [0.29, 0.717) is 0 Å². The molecule has 0 saturated heterocycles. The number of rotatable bonds is 5. The van der Waals surface area contributed by atoms with Crippen molar-refractivity contribution < 1.29 is 17.9 Å². The second-order valence-corrected chi connectivity index (χ2v) is 3.47. The number of carbonyl (C=O) groups is 1. The molecular weight excluding hydrogens is 158 g/mol. The predicted octanol–water partition coefficient (Wildman–Crippen LogP) is -1.29. The molecule has 0 aromatic heterocycles. The largest absolute Gasteiger partial charge is 0.467 e. The van der Waals surface area contributed by atoms with Gasteiger partial charge in [-0.15, -0.1) is 0 Å². The van der Waals surface area contributed by atoms with Gasteiger partial charge in [0.15, 0.2) is 0 Å². The maximum absolute atomic E-state index is 10.3. The molecule has 0 aliphatic rings. The topological polar surface area (TPSA) is 72.5 Å². The minimum absolute atomic E-state index is 0.0660.